The topological polar surface area (TPSA) is 43.4 Å². The molecule has 0 N–H and O–H groups in total. The van der Waals surface area contributed by atoms with Crippen LogP contribution in [0.4, 0.5) is 0 Å². The third kappa shape index (κ3) is 2.13. The fraction of sp³-hybridized carbons (Fsp3) is 0.100. The summed E-state index contributed by atoms with van der Waals surface area (Å²) in [7, 11) is 0. The molecule has 0 amide bonds. The van der Waals surface area contributed by atoms with Crippen molar-refractivity contribution in [1.29, 1.82) is 0 Å². The Bertz CT molecular complexity index is 899. The SMILES string of the molecule is Cc1ccc(C2=CC3=C(CO2)C(=O)c2ccccc2C3=O)cc1. The molecule has 2 aromatic carbocycles. The number of rotatable bonds is 1. The monoisotopic (exact) mass is 302 g/mol. The normalized spacial score (nSPS) is 16.5. The Morgan fingerprint density at radius 1 is 0.870 bits per heavy atom. The van der Waals surface area contributed by atoms with Crippen LogP contribution in [0.25, 0.3) is 5.76 Å². The molecule has 0 saturated heterocycles. The van der Waals surface area contributed by atoms with Gasteiger partial charge in [0.15, 0.2) is 11.6 Å². The van der Waals surface area contributed by atoms with Gasteiger partial charge in [-0.3, -0.25) is 9.59 Å². The number of hydrogen-bond acceptors (Lipinski definition) is 3. The molecule has 0 bridgehead atoms. The van der Waals surface area contributed by atoms with Crippen molar-refractivity contribution in [3.05, 3.63) is 88.0 Å². The lowest BCUT2D eigenvalue weighted by Crippen LogP contribution is -2.26. The van der Waals surface area contributed by atoms with Gasteiger partial charge in [0, 0.05) is 27.8 Å². The van der Waals surface area contributed by atoms with Gasteiger partial charge in [-0.25, -0.2) is 0 Å². The molecule has 0 atom stereocenters. The lowest BCUT2D eigenvalue weighted by Gasteiger charge is -2.24. The van der Waals surface area contributed by atoms with Crippen LogP contribution in [0.5, 0.6) is 0 Å². The summed E-state index contributed by atoms with van der Waals surface area (Å²) in [5.41, 5.74) is 3.90. The van der Waals surface area contributed by atoms with Gasteiger partial charge in [-0.15, -0.1) is 0 Å². The summed E-state index contributed by atoms with van der Waals surface area (Å²) in [6.07, 6.45) is 1.69. The smallest absolute Gasteiger partial charge is 0.194 e. The van der Waals surface area contributed by atoms with E-state index in [-0.39, 0.29) is 18.2 Å². The summed E-state index contributed by atoms with van der Waals surface area (Å²) >= 11 is 0. The Hall–Kier alpha value is -2.94. The van der Waals surface area contributed by atoms with Crippen molar-refractivity contribution >= 4 is 17.3 Å². The molecule has 0 aromatic heterocycles. The van der Waals surface area contributed by atoms with Crippen LogP contribution in [0, 0.1) is 6.92 Å². The van der Waals surface area contributed by atoms with Crippen LogP contribution in [0.2, 0.25) is 0 Å². The van der Waals surface area contributed by atoms with E-state index in [0.717, 1.165) is 11.1 Å². The number of hydrogen-bond donors (Lipinski definition) is 0. The van der Waals surface area contributed by atoms with Gasteiger partial charge in [-0.05, 0) is 13.0 Å². The van der Waals surface area contributed by atoms with Crippen molar-refractivity contribution in [2.45, 2.75) is 6.92 Å². The number of carbonyl (C=O) groups excluding carboxylic acids is 2. The highest BCUT2D eigenvalue weighted by Crippen LogP contribution is 2.33. The molecule has 0 saturated carbocycles. The number of ketones is 2. The van der Waals surface area contributed by atoms with Crippen molar-refractivity contribution in [2.24, 2.45) is 0 Å². The van der Waals surface area contributed by atoms with Crippen LogP contribution in [0.1, 0.15) is 31.8 Å². The highest BCUT2D eigenvalue weighted by atomic mass is 16.5. The second-order valence-corrected chi connectivity index (χ2v) is 5.76. The van der Waals surface area contributed by atoms with Crippen LogP contribution >= 0.6 is 0 Å². The van der Waals surface area contributed by atoms with Gasteiger partial charge in [0.25, 0.3) is 0 Å². The minimum atomic E-state index is -0.116. The molecular weight excluding hydrogens is 288 g/mol. The first-order chi connectivity index (χ1) is 11.1. The van der Waals surface area contributed by atoms with E-state index in [0.29, 0.717) is 28.0 Å². The van der Waals surface area contributed by atoms with Crippen molar-refractivity contribution in [3.8, 4) is 0 Å². The van der Waals surface area contributed by atoms with Gasteiger partial charge in [0.1, 0.15) is 12.4 Å². The molecule has 3 nitrogen and oxygen atoms in total. The molecule has 23 heavy (non-hydrogen) atoms. The van der Waals surface area contributed by atoms with E-state index in [9.17, 15) is 9.59 Å². The highest BCUT2D eigenvalue weighted by Gasteiger charge is 2.33. The average molecular weight is 302 g/mol. The van der Waals surface area contributed by atoms with Crippen LogP contribution in [-0.2, 0) is 4.74 Å². The van der Waals surface area contributed by atoms with E-state index < -0.39 is 0 Å². The zero-order chi connectivity index (χ0) is 16.0. The highest BCUT2D eigenvalue weighted by molar-refractivity contribution is 6.28. The first-order valence-electron chi connectivity index (χ1n) is 7.48. The number of carbonyl (C=O) groups is 2. The van der Waals surface area contributed by atoms with E-state index in [1.807, 2.05) is 31.2 Å². The zero-order valence-electron chi connectivity index (χ0n) is 12.6. The quantitative estimate of drug-likeness (QED) is 0.806. The maximum absolute atomic E-state index is 12.7. The second kappa shape index (κ2) is 5.06. The summed E-state index contributed by atoms with van der Waals surface area (Å²) in [4.78, 5) is 25.3. The van der Waals surface area contributed by atoms with Crippen LogP contribution < -0.4 is 0 Å². The number of fused-ring (bicyclic) bond motifs is 1. The van der Waals surface area contributed by atoms with E-state index in [1.54, 1.807) is 30.3 Å². The third-order valence-corrected chi connectivity index (χ3v) is 4.24. The van der Waals surface area contributed by atoms with Crippen LogP contribution in [0.15, 0.2) is 65.8 Å². The molecule has 2 aromatic rings. The molecule has 4 rings (SSSR count). The van der Waals surface area contributed by atoms with Crippen molar-refractivity contribution in [1.82, 2.24) is 0 Å². The second-order valence-electron chi connectivity index (χ2n) is 5.76. The van der Waals surface area contributed by atoms with Gasteiger partial charge in [-0.1, -0.05) is 54.1 Å². The fourth-order valence-corrected chi connectivity index (χ4v) is 2.95. The summed E-state index contributed by atoms with van der Waals surface area (Å²) in [6.45, 7) is 2.15. The van der Waals surface area contributed by atoms with Crippen LogP contribution in [-0.4, -0.2) is 18.2 Å². The lowest BCUT2D eigenvalue weighted by atomic mass is 9.83. The Morgan fingerprint density at radius 2 is 1.52 bits per heavy atom. The molecule has 1 heterocycles. The van der Waals surface area contributed by atoms with Crippen molar-refractivity contribution in [2.75, 3.05) is 6.61 Å². The summed E-state index contributed by atoms with van der Waals surface area (Å²) in [6, 6.07) is 14.8. The van der Waals surface area contributed by atoms with Crippen molar-refractivity contribution < 1.29 is 14.3 Å². The molecule has 0 spiro atoms. The Morgan fingerprint density at radius 3 is 2.22 bits per heavy atom. The molecule has 0 unspecified atom stereocenters. The van der Waals surface area contributed by atoms with Gasteiger partial charge < -0.3 is 4.74 Å². The lowest BCUT2D eigenvalue weighted by molar-refractivity contribution is 0.0961. The van der Waals surface area contributed by atoms with Crippen molar-refractivity contribution in [3.63, 3.8) is 0 Å². The predicted molar refractivity (Wildman–Crippen MR) is 87.2 cm³/mol. The third-order valence-electron chi connectivity index (χ3n) is 4.24. The van der Waals surface area contributed by atoms with Gasteiger partial charge in [0.2, 0.25) is 0 Å². The van der Waals surface area contributed by atoms with E-state index in [4.69, 9.17) is 4.74 Å². The average Bonchev–Trinajstić information content (AvgIpc) is 2.60. The molecular formula is C20H14O3. The molecule has 3 heteroatoms. The van der Waals surface area contributed by atoms with Gasteiger partial charge in [0.05, 0.1) is 0 Å². The summed E-state index contributed by atoms with van der Waals surface area (Å²) in [5.74, 6) is 0.404. The molecule has 0 fully saturated rings. The van der Waals surface area contributed by atoms with E-state index >= 15 is 0 Å². The Labute approximate surface area is 133 Å². The Kier molecular flexibility index (Phi) is 3.01. The maximum Gasteiger partial charge on any atom is 0.194 e. The van der Waals surface area contributed by atoms with E-state index in [2.05, 4.69) is 0 Å². The number of ether oxygens (including phenoxy) is 1. The number of benzene rings is 2. The molecule has 0 radical (unpaired) electrons. The number of aryl methyl sites for hydroxylation is 1. The number of allylic oxidation sites excluding steroid dienone is 2. The fourth-order valence-electron chi connectivity index (χ4n) is 2.95. The van der Waals surface area contributed by atoms with Crippen LogP contribution in [0.3, 0.4) is 0 Å². The predicted octanol–water partition coefficient (Wildman–Crippen LogP) is 3.74. The standard InChI is InChI=1S/C20H14O3/c1-12-6-8-13(9-7-12)18-10-16-17(11-23-18)20(22)15-5-3-2-4-14(15)19(16)21/h2-10H,11H2,1H3. The van der Waals surface area contributed by atoms with E-state index in [1.165, 1.54) is 0 Å². The summed E-state index contributed by atoms with van der Waals surface area (Å²) < 4.78 is 5.74. The summed E-state index contributed by atoms with van der Waals surface area (Å²) in [5, 5.41) is 0. The number of Topliss-reactive ketones (excluding diaryl/α,β-unsaturated/α-hetero) is 2. The first-order valence-corrected chi connectivity index (χ1v) is 7.48. The maximum atomic E-state index is 12.7. The van der Waals surface area contributed by atoms with Gasteiger partial charge in [-0.2, -0.15) is 0 Å². The minimum absolute atomic E-state index is 0.108. The molecule has 1 aliphatic carbocycles. The van der Waals surface area contributed by atoms with Gasteiger partial charge >= 0.3 is 0 Å². The molecule has 112 valence electrons. The first kappa shape index (κ1) is 13.7. The zero-order valence-corrected chi connectivity index (χ0v) is 12.6. The largest absolute Gasteiger partial charge is 0.488 e. The minimum Gasteiger partial charge on any atom is -0.488 e. The Balaban J connectivity index is 1.82. The molecule has 2 aliphatic rings. The molecule has 1 aliphatic heterocycles.